The molecular weight excluding hydrogens is 273 g/mol. The van der Waals surface area contributed by atoms with Gasteiger partial charge in [0.2, 0.25) is 0 Å². The van der Waals surface area contributed by atoms with Crippen LogP contribution in [0.4, 0.5) is 4.39 Å². The standard InChI is InChI=1S/C16H18FNOS/c1-18-12-13-4-2-3-5-16(13)19-10-11-20-15-8-6-14(17)7-9-15/h2-9,18H,10-12H2,1H3. The first-order valence-corrected chi connectivity index (χ1v) is 7.52. The molecule has 106 valence electrons. The molecule has 0 radical (unpaired) electrons. The lowest BCUT2D eigenvalue weighted by molar-refractivity contribution is 0.339. The largest absolute Gasteiger partial charge is 0.492 e. The summed E-state index contributed by atoms with van der Waals surface area (Å²) in [5.41, 5.74) is 1.15. The first-order chi connectivity index (χ1) is 9.79. The van der Waals surface area contributed by atoms with Gasteiger partial charge in [0.05, 0.1) is 6.61 Å². The second-order valence-electron chi connectivity index (χ2n) is 4.29. The lowest BCUT2D eigenvalue weighted by Gasteiger charge is -2.11. The van der Waals surface area contributed by atoms with Crippen LogP contribution in [0.15, 0.2) is 53.4 Å². The maximum atomic E-state index is 12.8. The van der Waals surface area contributed by atoms with E-state index in [0.717, 1.165) is 28.5 Å². The lowest BCUT2D eigenvalue weighted by atomic mass is 10.2. The molecular formula is C16H18FNOS. The summed E-state index contributed by atoms with van der Waals surface area (Å²) < 4.78 is 18.6. The summed E-state index contributed by atoms with van der Waals surface area (Å²) in [7, 11) is 1.92. The summed E-state index contributed by atoms with van der Waals surface area (Å²) in [5.74, 6) is 1.55. The number of halogens is 1. The number of hydrogen-bond acceptors (Lipinski definition) is 3. The van der Waals surface area contributed by atoms with E-state index in [-0.39, 0.29) is 5.82 Å². The normalized spacial score (nSPS) is 10.5. The van der Waals surface area contributed by atoms with Gasteiger partial charge in [-0.15, -0.1) is 11.8 Å². The fourth-order valence-corrected chi connectivity index (χ4v) is 2.55. The maximum absolute atomic E-state index is 12.8. The molecule has 0 aliphatic carbocycles. The van der Waals surface area contributed by atoms with E-state index >= 15 is 0 Å². The predicted octanol–water partition coefficient (Wildman–Crippen LogP) is 3.72. The van der Waals surface area contributed by atoms with Crippen molar-refractivity contribution < 1.29 is 9.13 Å². The highest BCUT2D eigenvalue weighted by Gasteiger charge is 2.02. The molecule has 20 heavy (non-hydrogen) atoms. The molecule has 0 aliphatic heterocycles. The van der Waals surface area contributed by atoms with Crippen molar-refractivity contribution in [2.45, 2.75) is 11.4 Å². The number of benzene rings is 2. The molecule has 0 bridgehead atoms. The number of rotatable bonds is 7. The minimum Gasteiger partial charge on any atom is -0.492 e. The fourth-order valence-electron chi connectivity index (χ4n) is 1.82. The Morgan fingerprint density at radius 2 is 1.85 bits per heavy atom. The number of nitrogens with one attached hydrogen (secondary N) is 1. The highest BCUT2D eigenvalue weighted by atomic mass is 32.2. The third-order valence-electron chi connectivity index (χ3n) is 2.76. The Morgan fingerprint density at radius 3 is 2.60 bits per heavy atom. The molecule has 1 N–H and O–H groups in total. The molecule has 0 saturated heterocycles. The van der Waals surface area contributed by atoms with Gasteiger partial charge in [-0.1, -0.05) is 18.2 Å². The molecule has 0 aromatic heterocycles. The van der Waals surface area contributed by atoms with Crippen LogP contribution < -0.4 is 10.1 Å². The van der Waals surface area contributed by atoms with Gasteiger partial charge in [-0.05, 0) is 37.4 Å². The van der Waals surface area contributed by atoms with E-state index in [1.807, 2.05) is 25.2 Å². The molecule has 0 heterocycles. The van der Waals surface area contributed by atoms with Crippen molar-refractivity contribution in [3.63, 3.8) is 0 Å². The van der Waals surface area contributed by atoms with Crippen LogP contribution in [0.25, 0.3) is 0 Å². The molecule has 0 unspecified atom stereocenters. The molecule has 2 nitrogen and oxygen atoms in total. The Balaban J connectivity index is 1.79. The average molecular weight is 291 g/mol. The van der Waals surface area contributed by atoms with Crippen molar-refractivity contribution >= 4 is 11.8 Å². The molecule has 2 rings (SSSR count). The second-order valence-corrected chi connectivity index (χ2v) is 5.46. The zero-order valence-corrected chi connectivity index (χ0v) is 12.3. The van der Waals surface area contributed by atoms with E-state index in [4.69, 9.17) is 4.74 Å². The Kier molecular flexibility index (Phi) is 5.89. The van der Waals surface area contributed by atoms with Crippen molar-refractivity contribution in [1.29, 1.82) is 0 Å². The van der Waals surface area contributed by atoms with Gasteiger partial charge in [-0.3, -0.25) is 0 Å². The molecule has 4 heteroatoms. The second kappa shape index (κ2) is 7.92. The van der Waals surface area contributed by atoms with E-state index in [1.165, 1.54) is 12.1 Å². The van der Waals surface area contributed by atoms with Crippen LogP contribution in [0.5, 0.6) is 5.75 Å². The topological polar surface area (TPSA) is 21.3 Å². The summed E-state index contributed by atoms with van der Waals surface area (Å²) in [5, 5.41) is 3.13. The van der Waals surface area contributed by atoms with Crippen LogP contribution in [0.2, 0.25) is 0 Å². The summed E-state index contributed by atoms with van der Waals surface area (Å²) in [6, 6.07) is 14.5. The van der Waals surface area contributed by atoms with Crippen LogP contribution in [-0.2, 0) is 6.54 Å². The van der Waals surface area contributed by atoms with E-state index in [0.29, 0.717) is 6.61 Å². The molecule has 0 fully saturated rings. The molecule has 2 aromatic rings. The minimum atomic E-state index is -0.202. The molecule has 0 aliphatic rings. The van der Waals surface area contributed by atoms with Crippen LogP contribution in [-0.4, -0.2) is 19.4 Å². The zero-order valence-electron chi connectivity index (χ0n) is 11.4. The Labute approximate surface area is 123 Å². The third-order valence-corrected chi connectivity index (χ3v) is 3.74. The van der Waals surface area contributed by atoms with Gasteiger partial charge in [0.25, 0.3) is 0 Å². The molecule has 0 saturated carbocycles. The van der Waals surface area contributed by atoms with Gasteiger partial charge >= 0.3 is 0 Å². The van der Waals surface area contributed by atoms with Gasteiger partial charge in [-0.2, -0.15) is 0 Å². The number of para-hydroxylation sites is 1. The first kappa shape index (κ1) is 14.9. The van der Waals surface area contributed by atoms with Crippen molar-refractivity contribution in [3.05, 3.63) is 59.9 Å². The van der Waals surface area contributed by atoms with Crippen molar-refractivity contribution in [3.8, 4) is 5.75 Å². The van der Waals surface area contributed by atoms with Crippen molar-refractivity contribution in [2.75, 3.05) is 19.4 Å². The van der Waals surface area contributed by atoms with Gasteiger partial charge in [0.15, 0.2) is 0 Å². The quantitative estimate of drug-likeness (QED) is 0.620. The van der Waals surface area contributed by atoms with Gasteiger partial charge in [0.1, 0.15) is 11.6 Å². The molecule has 0 spiro atoms. The Morgan fingerprint density at radius 1 is 1.10 bits per heavy atom. The van der Waals surface area contributed by atoms with Crippen LogP contribution >= 0.6 is 11.8 Å². The summed E-state index contributed by atoms with van der Waals surface area (Å²) in [4.78, 5) is 1.05. The summed E-state index contributed by atoms with van der Waals surface area (Å²) in [6.07, 6.45) is 0. The van der Waals surface area contributed by atoms with Crippen LogP contribution in [0, 0.1) is 5.82 Å². The van der Waals surface area contributed by atoms with Crippen molar-refractivity contribution in [2.24, 2.45) is 0 Å². The van der Waals surface area contributed by atoms with Crippen molar-refractivity contribution in [1.82, 2.24) is 5.32 Å². The third kappa shape index (κ3) is 4.54. The van der Waals surface area contributed by atoms with Gasteiger partial charge in [-0.25, -0.2) is 4.39 Å². The number of hydrogen-bond donors (Lipinski definition) is 1. The maximum Gasteiger partial charge on any atom is 0.123 e. The fraction of sp³-hybridized carbons (Fsp3) is 0.250. The number of ether oxygens (including phenoxy) is 1. The predicted molar refractivity (Wildman–Crippen MR) is 81.8 cm³/mol. The van der Waals surface area contributed by atoms with E-state index < -0.39 is 0 Å². The summed E-state index contributed by atoms with van der Waals surface area (Å²) >= 11 is 1.66. The monoisotopic (exact) mass is 291 g/mol. The van der Waals surface area contributed by atoms with Gasteiger partial charge in [0, 0.05) is 22.8 Å². The van der Waals surface area contributed by atoms with Gasteiger partial charge < -0.3 is 10.1 Å². The summed E-state index contributed by atoms with van der Waals surface area (Å²) in [6.45, 7) is 1.42. The van der Waals surface area contributed by atoms with E-state index in [2.05, 4.69) is 11.4 Å². The Hall–Kier alpha value is -1.52. The average Bonchev–Trinajstić information content (AvgIpc) is 2.47. The zero-order chi connectivity index (χ0) is 14.2. The smallest absolute Gasteiger partial charge is 0.123 e. The van der Waals surface area contributed by atoms with E-state index in [1.54, 1.807) is 23.9 Å². The minimum absolute atomic E-state index is 0.202. The highest BCUT2D eigenvalue weighted by molar-refractivity contribution is 7.99. The molecule has 0 atom stereocenters. The van der Waals surface area contributed by atoms with Crippen LogP contribution in [0.3, 0.4) is 0 Å². The Bertz CT molecular complexity index is 530. The number of thioether (sulfide) groups is 1. The first-order valence-electron chi connectivity index (χ1n) is 6.53. The molecule has 0 amide bonds. The van der Waals surface area contributed by atoms with Crippen LogP contribution in [0.1, 0.15) is 5.56 Å². The lowest BCUT2D eigenvalue weighted by Crippen LogP contribution is -2.08. The SMILES string of the molecule is CNCc1ccccc1OCCSc1ccc(F)cc1. The molecule has 2 aromatic carbocycles. The highest BCUT2D eigenvalue weighted by Crippen LogP contribution is 2.20. The van der Waals surface area contributed by atoms with E-state index in [9.17, 15) is 4.39 Å².